The van der Waals surface area contributed by atoms with Crippen LogP contribution in [-0.2, 0) is 11.3 Å². The smallest absolute Gasteiger partial charge is 0.330 e. The van der Waals surface area contributed by atoms with E-state index in [0.717, 1.165) is 19.4 Å². The predicted octanol–water partition coefficient (Wildman–Crippen LogP) is 2.55. The number of amides is 1. The van der Waals surface area contributed by atoms with Crippen molar-refractivity contribution in [1.82, 2.24) is 15.1 Å². The van der Waals surface area contributed by atoms with Crippen LogP contribution in [0.1, 0.15) is 47.4 Å². The average Bonchev–Trinajstić information content (AvgIpc) is 2.92. The van der Waals surface area contributed by atoms with Crippen LogP contribution < -0.4 is 5.32 Å². The number of benzene rings is 1. The van der Waals surface area contributed by atoms with E-state index < -0.39 is 17.9 Å². The van der Waals surface area contributed by atoms with E-state index in [0.29, 0.717) is 16.8 Å². The van der Waals surface area contributed by atoms with Gasteiger partial charge >= 0.3 is 5.97 Å². The fraction of sp³-hybridized carbons (Fsp3) is 0.353. The van der Waals surface area contributed by atoms with Gasteiger partial charge in [0.25, 0.3) is 5.91 Å². The number of nitrogens with one attached hydrogen (secondary N) is 1. The summed E-state index contributed by atoms with van der Waals surface area (Å²) in [6.07, 6.45) is 3.68. The molecular formula is C17H21N3O3. The second-order valence-corrected chi connectivity index (χ2v) is 5.40. The minimum absolute atomic E-state index is 0.406. The molecule has 122 valence electrons. The van der Waals surface area contributed by atoms with Crippen molar-refractivity contribution < 1.29 is 14.7 Å². The molecule has 0 bridgehead atoms. The summed E-state index contributed by atoms with van der Waals surface area (Å²) in [7, 11) is 0. The lowest BCUT2D eigenvalue weighted by molar-refractivity contribution is -0.139. The lowest BCUT2D eigenvalue weighted by atomic mass is 10.1. The zero-order valence-corrected chi connectivity index (χ0v) is 13.3. The van der Waals surface area contributed by atoms with Gasteiger partial charge in [-0.1, -0.05) is 43.7 Å². The molecule has 0 saturated carbocycles. The molecule has 1 aromatic carbocycles. The molecule has 2 rings (SSSR count). The van der Waals surface area contributed by atoms with E-state index in [1.165, 1.54) is 0 Å². The van der Waals surface area contributed by atoms with Gasteiger partial charge in [-0.25, -0.2) is 4.79 Å². The maximum atomic E-state index is 12.4. The van der Waals surface area contributed by atoms with Crippen molar-refractivity contribution in [1.29, 1.82) is 0 Å². The molecule has 0 aliphatic carbocycles. The maximum absolute atomic E-state index is 12.4. The number of carbonyl (C=O) groups is 2. The highest BCUT2D eigenvalue weighted by Gasteiger charge is 2.24. The summed E-state index contributed by atoms with van der Waals surface area (Å²) in [5, 5.41) is 16.2. The Balaban J connectivity index is 2.16. The predicted molar refractivity (Wildman–Crippen MR) is 86.2 cm³/mol. The van der Waals surface area contributed by atoms with Crippen LogP contribution in [0.5, 0.6) is 0 Å². The molecule has 1 atom stereocenters. The number of aliphatic carboxylic acids is 1. The van der Waals surface area contributed by atoms with Gasteiger partial charge in [0.15, 0.2) is 6.04 Å². The summed E-state index contributed by atoms with van der Waals surface area (Å²) in [6, 6.07) is 7.55. The van der Waals surface area contributed by atoms with E-state index in [-0.39, 0.29) is 0 Å². The highest BCUT2D eigenvalue weighted by molar-refractivity contribution is 5.97. The summed E-state index contributed by atoms with van der Waals surface area (Å²) in [5.41, 5.74) is 1.53. The molecule has 23 heavy (non-hydrogen) atoms. The highest BCUT2D eigenvalue weighted by Crippen LogP contribution is 2.15. The third-order valence-electron chi connectivity index (χ3n) is 3.59. The van der Waals surface area contributed by atoms with Crippen LogP contribution in [0.25, 0.3) is 0 Å². The first-order chi connectivity index (χ1) is 11.0. The van der Waals surface area contributed by atoms with Crippen molar-refractivity contribution in [2.24, 2.45) is 0 Å². The van der Waals surface area contributed by atoms with Crippen LogP contribution >= 0.6 is 0 Å². The quantitative estimate of drug-likeness (QED) is 0.822. The second-order valence-electron chi connectivity index (χ2n) is 5.40. The van der Waals surface area contributed by atoms with Crippen molar-refractivity contribution in [2.75, 3.05) is 0 Å². The second kappa shape index (κ2) is 7.58. The van der Waals surface area contributed by atoms with E-state index in [9.17, 15) is 14.7 Å². The van der Waals surface area contributed by atoms with Crippen molar-refractivity contribution in [3.8, 4) is 0 Å². The van der Waals surface area contributed by atoms with Crippen molar-refractivity contribution in [3.05, 3.63) is 53.3 Å². The van der Waals surface area contributed by atoms with Gasteiger partial charge in [0.05, 0.1) is 11.3 Å². The number of carbonyl (C=O) groups excluding carboxylic acids is 1. The number of hydrogen-bond donors (Lipinski definition) is 2. The lowest BCUT2D eigenvalue weighted by Crippen LogP contribution is -2.33. The number of unbranched alkanes of at least 4 members (excludes halogenated alkanes) is 1. The van der Waals surface area contributed by atoms with Crippen molar-refractivity contribution >= 4 is 11.9 Å². The van der Waals surface area contributed by atoms with Crippen LogP contribution in [0.2, 0.25) is 0 Å². The molecule has 0 spiro atoms. The van der Waals surface area contributed by atoms with E-state index in [1.54, 1.807) is 48.1 Å². The SMILES string of the molecule is CCCCn1cc(C(=O)N[C@@H](C(=O)O)c2ccccc2)c(C)n1. The number of carboxylic acid groups (broad SMARTS) is 1. The number of carboxylic acids is 1. The van der Waals surface area contributed by atoms with E-state index >= 15 is 0 Å². The van der Waals surface area contributed by atoms with Gasteiger partial charge in [-0.05, 0) is 18.9 Å². The Labute approximate surface area is 135 Å². The highest BCUT2D eigenvalue weighted by atomic mass is 16.4. The normalized spacial score (nSPS) is 11.9. The molecule has 2 N–H and O–H groups in total. The molecule has 0 aliphatic heterocycles. The molecule has 0 saturated heterocycles. The van der Waals surface area contributed by atoms with Crippen molar-refractivity contribution in [3.63, 3.8) is 0 Å². The largest absolute Gasteiger partial charge is 0.479 e. The Morgan fingerprint density at radius 3 is 2.61 bits per heavy atom. The Hall–Kier alpha value is -2.63. The first-order valence-electron chi connectivity index (χ1n) is 7.65. The number of nitrogens with zero attached hydrogens (tertiary/aromatic N) is 2. The van der Waals surface area contributed by atoms with Gasteiger partial charge in [-0.3, -0.25) is 9.48 Å². The monoisotopic (exact) mass is 315 g/mol. The molecule has 0 radical (unpaired) electrons. The number of rotatable bonds is 7. The van der Waals surface area contributed by atoms with Crippen LogP contribution in [-0.4, -0.2) is 26.8 Å². The third kappa shape index (κ3) is 4.18. The molecule has 2 aromatic rings. The fourth-order valence-corrected chi connectivity index (χ4v) is 2.32. The number of aryl methyl sites for hydroxylation is 2. The van der Waals surface area contributed by atoms with Gasteiger partial charge in [0.1, 0.15) is 0 Å². The Morgan fingerprint density at radius 1 is 1.30 bits per heavy atom. The van der Waals surface area contributed by atoms with Gasteiger partial charge in [-0.2, -0.15) is 5.10 Å². The summed E-state index contributed by atoms with van der Waals surface area (Å²) < 4.78 is 1.73. The van der Waals surface area contributed by atoms with Gasteiger partial charge in [0, 0.05) is 12.7 Å². The number of aromatic nitrogens is 2. The van der Waals surface area contributed by atoms with Gasteiger partial charge in [-0.15, -0.1) is 0 Å². The molecule has 1 amide bonds. The molecule has 1 aromatic heterocycles. The Kier molecular flexibility index (Phi) is 5.51. The average molecular weight is 315 g/mol. The summed E-state index contributed by atoms with van der Waals surface area (Å²) in [6.45, 7) is 4.57. The van der Waals surface area contributed by atoms with Crippen molar-refractivity contribution in [2.45, 2.75) is 39.3 Å². The minimum atomic E-state index is -1.10. The van der Waals surface area contributed by atoms with E-state index in [1.807, 2.05) is 0 Å². The fourth-order valence-electron chi connectivity index (χ4n) is 2.32. The van der Waals surface area contributed by atoms with Crippen LogP contribution in [0.15, 0.2) is 36.5 Å². The minimum Gasteiger partial charge on any atom is -0.479 e. The summed E-state index contributed by atoms with van der Waals surface area (Å²) >= 11 is 0. The molecule has 6 heteroatoms. The molecule has 0 aliphatic rings. The standard InChI is InChI=1S/C17H21N3O3/c1-3-4-10-20-11-14(12(2)19-20)16(21)18-15(17(22)23)13-8-6-5-7-9-13/h5-9,11,15H,3-4,10H2,1-2H3,(H,18,21)(H,22,23)/t15-/m1/s1. The molecule has 1 heterocycles. The third-order valence-corrected chi connectivity index (χ3v) is 3.59. The lowest BCUT2D eigenvalue weighted by Gasteiger charge is -2.14. The summed E-state index contributed by atoms with van der Waals surface area (Å²) in [5.74, 6) is -1.53. The maximum Gasteiger partial charge on any atom is 0.330 e. The van der Waals surface area contributed by atoms with E-state index in [2.05, 4.69) is 17.3 Å². The molecule has 6 nitrogen and oxygen atoms in total. The van der Waals surface area contributed by atoms with Gasteiger partial charge < -0.3 is 10.4 Å². The van der Waals surface area contributed by atoms with Crippen LogP contribution in [0.4, 0.5) is 0 Å². The van der Waals surface area contributed by atoms with Crippen LogP contribution in [0, 0.1) is 6.92 Å². The number of hydrogen-bond acceptors (Lipinski definition) is 3. The zero-order chi connectivity index (χ0) is 16.8. The molecule has 0 fully saturated rings. The zero-order valence-electron chi connectivity index (χ0n) is 13.3. The Bertz CT molecular complexity index is 680. The summed E-state index contributed by atoms with van der Waals surface area (Å²) in [4.78, 5) is 23.9. The van der Waals surface area contributed by atoms with Crippen LogP contribution in [0.3, 0.4) is 0 Å². The first-order valence-corrected chi connectivity index (χ1v) is 7.65. The van der Waals surface area contributed by atoms with Gasteiger partial charge in [0.2, 0.25) is 0 Å². The first kappa shape index (κ1) is 16.7. The van der Waals surface area contributed by atoms with E-state index in [4.69, 9.17) is 0 Å². The topological polar surface area (TPSA) is 84.2 Å². The molecular weight excluding hydrogens is 294 g/mol. The Morgan fingerprint density at radius 2 is 2.00 bits per heavy atom. The molecule has 0 unspecified atom stereocenters.